The monoisotopic (exact) mass is 289 g/mol. The maximum atomic E-state index is 12.8. The first-order chi connectivity index (χ1) is 9.43. The van der Waals surface area contributed by atoms with Crippen LogP contribution in [0.4, 0.5) is 0 Å². The van der Waals surface area contributed by atoms with Crippen LogP contribution in [0, 0.1) is 23.7 Å². The zero-order chi connectivity index (χ0) is 14.4. The van der Waals surface area contributed by atoms with Crippen LogP contribution in [0.5, 0.6) is 0 Å². The second kappa shape index (κ2) is 4.33. The molecule has 0 saturated heterocycles. The molecule has 0 unspecified atom stereocenters. The van der Waals surface area contributed by atoms with E-state index in [1.165, 1.54) is 12.8 Å². The summed E-state index contributed by atoms with van der Waals surface area (Å²) in [7, 11) is -3.56. The van der Waals surface area contributed by atoms with Gasteiger partial charge in [-0.25, -0.2) is 8.42 Å². The molecule has 3 nitrogen and oxygen atoms in total. The summed E-state index contributed by atoms with van der Waals surface area (Å²) in [6.45, 7) is 1.92. The van der Waals surface area contributed by atoms with Gasteiger partial charge in [-0.3, -0.25) is 0 Å². The number of sulfone groups is 1. The number of benzene rings is 1. The Labute approximate surface area is 120 Å². The summed E-state index contributed by atoms with van der Waals surface area (Å²) in [4.78, 5) is 0.289. The summed E-state index contributed by atoms with van der Waals surface area (Å²) in [6.07, 6.45) is 5.55. The Morgan fingerprint density at radius 2 is 1.65 bits per heavy atom. The van der Waals surface area contributed by atoms with E-state index in [0.717, 1.165) is 18.4 Å². The molecular formula is C16H19NO2S. The van der Waals surface area contributed by atoms with Crippen molar-refractivity contribution in [3.8, 4) is 6.07 Å². The van der Waals surface area contributed by atoms with Gasteiger partial charge in [-0.05, 0) is 50.2 Å². The van der Waals surface area contributed by atoms with Crippen molar-refractivity contribution >= 4 is 9.84 Å². The van der Waals surface area contributed by atoms with Gasteiger partial charge in [0.2, 0.25) is 0 Å². The molecule has 0 N–H and O–H groups in total. The van der Waals surface area contributed by atoms with Crippen molar-refractivity contribution in [2.45, 2.75) is 55.1 Å². The maximum Gasteiger partial charge on any atom is 0.197 e. The van der Waals surface area contributed by atoms with Gasteiger partial charge in [0.1, 0.15) is 0 Å². The predicted molar refractivity (Wildman–Crippen MR) is 76.8 cm³/mol. The minimum absolute atomic E-state index is 0.132. The Kier molecular flexibility index (Phi) is 2.95. The number of hydrogen-bond acceptors (Lipinski definition) is 3. The van der Waals surface area contributed by atoms with Crippen LogP contribution in [-0.2, 0) is 9.84 Å². The highest BCUT2D eigenvalue weighted by atomic mass is 32.2. The molecule has 2 aliphatic rings. The Hall–Kier alpha value is -1.34. The summed E-state index contributed by atoms with van der Waals surface area (Å²) in [5.74, 6) is 0. The average Bonchev–Trinajstić information content (AvgIpc) is 2.86. The topological polar surface area (TPSA) is 57.9 Å². The number of aryl methyl sites for hydroxylation is 1. The zero-order valence-corrected chi connectivity index (χ0v) is 12.5. The lowest BCUT2D eigenvalue weighted by molar-refractivity contribution is 0.113. The van der Waals surface area contributed by atoms with Gasteiger partial charge >= 0.3 is 0 Å². The number of nitriles is 1. The lowest BCUT2D eigenvalue weighted by atomic mass is 9.61. The van der Waals surface area contributed by atoms with Crippen LogP contribution in [0.1, 0.15) is 44.1 Å². The molecule has 0 aromatic heterocycles. The summed E-state index contributed by atoms with van der Waals surface area (Å²) in [6, 6.07) is 8.98. The molecular weight excluding hydrogens is 270 g/mol. The van der Waals surface area contributed by atoms with E-state index in [9.17, 15) is 13.7 Å². The van der Waals surface area contributed by atoms with E-state index in [2.05, 4.69) is 6.07 Å². The third-order valence-electron chi connectivity index (χ3n) is 5.03. The quantitative estimate of drug-likeness (QED) is 0.838. The highest BCUT2D eigenvalue weighted by Gasteiger charge is 2.62. The van der Waals surface area contributed by atoms with E-state index < -0.39 is 14.6 Å². The number of nitrogens with zero attached hydrogens (tertiary/aromatic N) is 1. The lowest BCUT2D eigenvalue weighted by Crippen LogP contribution is -2.54. The lowest BCUT2D eigenvalue weighted by Gasteiger charge is -2.50. The van der Waals surface area contributed by atoms with E-state index in [-0.39, 0.29) is 10.3 Å². The van der Waals surface area contributed by atoms with E-state index in [1.807, 2.05) is 6.92 Å². The molecule has 20 heavy (non-hydrogen) atoms. The van der Waals surface area contributed by atoms with E-state index in [4.69, 9.17) is 0 Å². The Balaban J connectivity index is 1.94. The van der Waals surface area contributed by atoms with Crippen molar-refractivity contribution in [1.29, 1.82) is 5.26 Å². The first-order valence-electron chi connectivity index (χ1n) is 7.16. The molecule has 0 radical (unpaired) electrons. The molecule has 3 rings (SSSR count). The fourth-order valence-electron chi connectivity index (χ4n) is 3.91. The van der Waals surface area contributed by atoms with Gasteiger partial charge in [0, 0.05) is 0 Å². The maximum absolute atomic E-state index is 12.8. The van der Waals surface area contributed by atoms with Crippen molar-refractivity contribution in [1.82, 2.24) is 0 Å². The third-order valence-corrected chi connectivity index (χ3v) is 7.34. The minimum Gasteiger partial charge on any atom is -0.222 e. The summed E-state index contributed by atoms with van der Waals surface area (Å²) >= 11 is 0. The average molecular weight is 289 g/mol. The second-order valence-corrected chi connectivity index (χ2v) is 8.74. The van der Waals surface area contributed by atoms with Crippen molar-refractivity contribution in [3.05, 3.63) is 29.8 Å². The largest absolute Gasteiger partial charge is 0.222 e. The van der Waals surface area contributed by atoms with Crippen LogP contribution >= 0.6 is 0 Å². The molecule has 1 spiro atoms. The van der Waals surface area contributed by atoms with E-state index in [1.54, 1.807) is 24.3 Å². The van der Waals surface area contributed by atoms with Gasteiger partial charge in [0.15, 0.2) is 14.6 Å². The molecule has 1 aromatic carbocycles. The SMILES string of the molecule is Cc1ccc(S(=O)(=O)C2(C#N)CC3(CCCC3)C2)cc1. The van der Waals surface area contributed by atoms with Crippen molar-refractivity contribution in [2.24, 2.45) is 5.41 Å². The Morgan fingerprint density at radius 1 is 1.10 bits per heavy atom. The van der Waals surface area contributed by atoms with Gasteiger partial charge in [0.25, 0.3) is 0 Å². The number of hydrogen-bond donors (Lipinski definition) is 0. The van der Waals surface area contributed by atoms with Crippen LogP contribution < -0.4 is 0 Å². The molecule has 0 aliphatic heterocycles. The van der Waals surface area contributed by atoms with Crippen LogP contribution in [0.2, 0.25) is 0 Å². The van der Waals surface area contributed by atoms with Crippen molar-refractivity contribution < 1.29 is 8.42 Å². The third kappa shape index (κ3) is 1.80. The van der Waals surface area contributed by atoms with Crippen molar-refractivity contribution in [3.63, 3.8) is 0 Å². The van der Waals surface area contributed by atoms with Crippen LogP contribution in [0.3, 0.4) is 0 Å². The summed E-state index contributed by atoms with van der Waals surface area (Å²) < 4.78 is 24.4. The minimum atomic E-state index is -3.56. The standard InChI is InChI=1S/C16H19NO2S/c1-13-4-6-14(7-5-13)20(18,19)16(12-17)10-15(11-16)8-2-3-9-15/h4-7H,2-3,8-11H2,1H3. The fourth-order valence-corrected chi connectivity index (χ4v) is 5.97. The summed E-state index contributed by atoms with van der Waals surface area (Å²) in [5, 5.41) is 9.50. The molecule has 2 aliphatic carbocycles. The smallest absolute Gasteiger partial charge is 0.197 e. The highest BCUT2D eigenvalue weighted by Crippen LogP contribution is 2.61. The van der Waals surface area contributed by atoms with Crippen LogP contribution in [-0.4, -0.2) is 13.2 Å². The van der Waals surface area contributed by atoms with Gasteiger partial charge in [-0.2, -0.15) is 5.26 Å². The Morgan fingerprint density at radius 3 is 2.15 bits per heavy atom. The van der Waals surface area contributed by atoms with E-state index in [0.29, 0.717) is 12.8 Å². The molecule has 2 fully saturated rings. The normalized spacial score (nSPS) is 23.2. The van der Waals surface area contributed by atoms with Crippen LogP contribution in [0.25, 0.3) is 0 Å². The first-order valence-corrected chi connectivity index (χ1v) is 8.64. The van der Waals surface area contributed by atoms with Gasteiger partial charge in [0.05, 0.1) is 11.0 Å². The molecule has 0 amide bonds. The van der Waals surface area contributed by atoms with Gasteiger partial charge < -0.3 is 0 Å². The molecule has 4 heteroatoms. The molecule has 0 heterocycles. The number of rotatable bonds is 2. The van der Waals surface area contributed by atoms with Crippen molar-refractivity contribution in [2.75, 3.05) is 0 Å². The first kappa shape index (κ1) is 13.6. The molecule has 1 aromatic rings. The van der Waals surface area contributed by atoms with E-state index >= 15 is 0 Å². The highest BCUT2D eigenvalue weighted by molar-refractivity contribution is 7.93. The molecule has 106 valence electrons. The predicted octanol–water partition coefficient (Wildman–Crippen LogP) is 3.39. The molecule has 0 atom stereocenters. The van der Waals surface area contributed by atoms with Gasteiger partial charge in [-0.15, -0.1) is 0 Å². The van der Waals surface area contributed by atoms with Gasteiger partial charge in [-0.1, -0.05) is 30.5 Å². The van der Waals surface area contributed by atoms with Crippen LogP contribution in [0.15, 0.2) is 29.2 Å². The summed E-state index contributed by atoms with van der Waals surface area (Å²) in [5.41, 5.74) is 1.16. The fraction of sp³-hybridized carbons (Fsp3) is 0.562. The zero-order valence-electron chi connectivity index (χ0n) is 11.7. The Bertz CT molecular complexity index is 653. The molecule has 2 saturated carbocycles. The second-order valence-electron chi connectivity index (χ2n) is 6.48. The molecule has 0 bridgehead atoms.